The third-order valence-electron chi connectivity index (χ3n) is 5.87. The predicted molar refractivity (Wildman–Crippen MR) is 114 cm³/mol. The second-order valence-corrected chi connectivity index (χ2v) is 9.49. The molecule has 1 fully saturated rings. The van der Waals surface area contributed by atoms with Gasteiger partial charge in [0.25, 0.3) is 0 Å². The first-order valence-corrected chi connectivity index (χ1v) is 11.6. The maximum atomic E-state index is 2.77. The first-order valence-electron chi connectivity index (χ1n) is 10.5. The fourth-order valence-electron chi connectivity index (χ4n) is 4.39. The molecule has 0 amide bonds. The molecule has 0 bridgehead atoms. The summed E-state index contributed by atoms with van der Waals surface area (Å²) in [6, 6.07) is 13.5. The van der Waals surface area contributed by atoms with Crippen LogP contribution in [0, 0.1) is 3.63 Å². The molecule has 3 aromatic rings. The molecule has 3 nitrogen and oxygen atoms in total. The van der Waals surface area contributed by atoms with E-state index in [1.54, 1.807) is 0 Å². The van der Waals surface area contributed by atoms with Gasteiger partial charge in [-0.05, 0) is 0 Å². The summed E-state index contributed by atoms with van der Waals surface area (Å²) in [7, 11) is 0. The van der Waals surface area contributed by atoms with Gasteiger partial charge in [0.05, 0.1) is 0 Å². The number of hydrogen-bond donors (Lipinski definition) is 0. The zero-order chi connectivity index (χ0) is 19.8. The van der Waals surface area contributed by atoms with Crippen LogP contribution in [0.15, 0.2) is 42.6 Å². The number of halogens is 1. The Hall–Kier alpha value is -1.26. The summed E-state index contributed by atoms with van der Waals surface area (Å²) in [6.45, 7) is 11.5. The van der Waals surface area contributed by atoms with E-state index in [2.05, 4.69) is 105 Å². The number of aromatic nitrogens is 2. The minimum atomic E-state index is 0. The summed E-state index contributed by atoms with van der Waals surface area (Å²) >= 11 is 2.77. The molecule has 4 rings (SSSR count). The molecule has 0 spiro atoms. The number of hydrogen-bond acceptors (Lipinski definition) is 1. The first-order chi connectivity index (χ1) is 13.5. The van der Waals surface area contributed by atoms with Crippen LogP contribution < -0.4 is 17.3 Å². The van der Waals surface area contributed by atoms with Gasteiger partial charge in [-0.2, -0.15) is 0 Å². The number of fused-ring (bicyclic) bond motifs is 1. The van der Waals surface area contributed by atoms with Gasteiger partial charge in [-0.3, -0.25) is 0 Å². The van der Waals surface area contributed by atoms with Gasteiger partial charge in [0.2, 0.25) is 0 Å². The summed E-state index contributed by atoms with van der Waals surface area (Å²) in [5.74, 6) is 2.29. The molecule has 0 saturated carbocycles. The second kappa shape index (κ2) is 9.26. The van der Waals surface area contributed by atoms with Crippen LogP contribution in [0.5, 0.6) is 0 Å². The minimum Gasteiger partial charge on any atom is -1.00 e. The largest absolute Gasteiger partial charge is 1.00 e. The Kier molecular flexibility index (Phi) is 7.16. The summed E-state index contributed by atoms with van der Waals surface area (Å²) in [6.07, 6.45) is 6.25. The number of rotatable bonds is 4. The van der Waals surface area contributed by atoms with Crippen LogP contribution in [0.25, 0.3) is 11.2 Å². The van der Waals surface area contributed by atoms with E-state index in [1.165, 1.54) is 51.0 Å². The molecule has 0 radical (unpaired) electrons. The fraction of sp³-hybridized carbons (Fsp3) is 0.458. The van der Waals surface area contributed by atoms with Gasteiger partial charge in [-0.1, -0.05) is 0 Å². The normalized spacial score (nSPS) is 14.7. The van der Waals surface area contributed by atoms with Crippen molar-refractivity contribution in [2.24, 2.45) is 0 Å². The Morgan fingerprint density at radius 2 is 1.41 bits per heavy atom. The van der Waals surface area contributed by atoms with Crippen LogP contribution in [0.3, 0.4) is 0 Å². The van der Waals surface area contributed by atoms with E-state index in [-0.39, 0.29) is 12.4 Å². The van der Waals surface area contributed by atoms with Crippen LogP contribution in [0.2, 0.25) is 0 Å². The van der Waals surface area contributed by atoms with E-state index in [1.807, 2.05) is 0 Å². The number of piperidine rings is 1. The average Bonchev–Trinajstić information content (AvgIpc) is 3.04. The molecule has 1 saturated heterocycles. The summed E-state index contributed by atoms with van der Waals surface area (Å²) < 4.78 is 6.07. The van der Waals surface area contributed by atoms with Gasteiger partial charge in [0, 0.05) is 0 Å². The van der Waals surface area contributed by atoms with Crippen molar-refractivity contribution < 1.29 is 33.0 Å². The molecule has 1 aliphatic rings. The molecule has 0 unspecified atom stereocenters. The maximum absolute atomic E-state index is 2.77. The van der Waals surface area contributed by atoms with Crippen molar-refractivity contribution in [2.45, 2.75) is 58.8 Å². The van der Waals surface area contributed by atoms with Gasteiger partial charge < -0.3 is 12.4 Å². The predicted octanol–water partition coefficient (Wildman–Crippen LogP) is 3.05. The average molecular weight is 594 g/mol. The fourth-order valence-corrected chi connectivity index (χ4v) is 5.30. The molecule has 0 N–H and O–H groups in total. The second-order valence-electron chi connectivity index (χ2n) is 8.52. The Morgan fingerprint density at radius 3 is 2.00 bits per heavy atom. The van der Waals surface area contributed by atoms with E-state index >= 15 is 0 Å². The SMILES string of the molecule is CC(C)c1cccc(C(C)C)c1-n1cc2cccc(N3CCCCC3)n2[c]1=[Au+].[Cl-]. The van der Waals surface area contributed by atoms with E-state index in [4.69, 9.17) is 0 Å². The summed E-state index contributed by atoms with van der Waals surface area (Å²) in [5.41, 5.74) is 5.45. The van der Waals surface area contributed by atoms with Gasteiger partial charge in [-0.25, -0.2) is 0 Å². The van der Waals surface area contributed by atoms with Crippen molar-refractivity contribution in [3.05, 3.63) is 57.4 Å². The molecule has 0 atom stereocenters. The van der Waals surface area contributed by atoms with E-state index in [0.717, 1.165) is 13.1 Å². The molecule has 29 heavy (non-hydrogen) atoms. The standard InChI is InChI=1S/C24H31N3.Au.ClH/c1-18(2)21-11-9-12-22(19(3)4)24(21)26-16-20-10-8-13-23(27(20)17-26)25-14-6-5-7-15-25;;/h8-13,16,18-19H,5-7,14-15H2,1-4H3;;1H/q;+1;/p-1. The summed E-state index contributed by atoms with van der Waals surface area (Å²) in [4.78, 5) is 2.55. The van der Waals surface area contributed by atoms with Crippen molar-refractivity contribution in [1.29, 1.82) is 0 Å². The van der Waals surface area contributed by atoms with Crippen LogP contribution in [-0.4, -0.2) is 22.1 Å². The number of anilines is 1. The number of pyridine rings is 1. The molecule has 1 aromatic carbocycles. The Bertz CT molecular complexity index is 1020. The molecule has 1 aliphatic heterocycles. The van der Waals surface area contributed by atoms with Crippen LogP contribution in [-0.2, 0) is 20.6 Å². The van der Waals surface area contributed by atoms with E-state index in [9.17, 15) is 0 Å². The minimum absolute atomic E-state index is 0. The first kappa shape index (κ1) is 22.4. The topological polar surface area (TPSA) is 12.6 Å². The van der Waals surface area contributed by atoms with Gasteiger partial charge in [0.1, 0.15) is 0 Å². The third kappa shape index (κ3) is 4.16. The number of imidazole rings is 1. The van der Waals surface area contributed by atoms with Crippen molar-refractivity contribution in [2.75, 3.05) is 18.0 Å². The van der Waals surface area contributed by atoms with E-state index < -0.39 is 0 Å². The quantitative estimate of drug-likeness (QED) is 0.424. The molecule has 160 valence electrons. The maximum Gasteiger partial charge on any atom is -1.00 e. The monoisotopic (exact) mass is 593 g/mol. The van der Waals surface area contributed by atoms with Crippen molar-refractivity contribution >= 4 is 11.3 Å². The summed E-state index contributed by atoms with van der Waals surface area (Å²) in [5, 5.41) is 0. The van der Waals surface area contributed by atoms with E-state index in [0.29, 0.717) is 11.8 Å². The number of benzene rings is 1. The Labute approximate surface area is 192 Å². The molecular weight excluding hydrogens is 563 g/mol. The molecule has 5 heteroatoms. The molecule has 2 aromatic heterocycles. The van der Waals surface area contributed by atoms with Crippen molar-refractivity contribution in [1.82, 2.24) is 8.97 Å². The molecule has 0 aliphatic carbocycles. The Morgan fingerprint density at radius 1 is 0.828 bits per heavy atom. The van der Waals surface area contributed by atoms with Gasteiger partial charge in [0.15, 0.2) is 0 Å². The zero-order valence-electron chi connectivity index (χ0n) is 17.8. The van der Waals surface area contributed by atoms with Crippen LogP contribution >= 0.6 is 0 Å². The van der Waals surface area contributed by atoms with Crippen LogP contribution in [0.1, 0.15) is 69.9 Å². The zero-order valence-corrected chi connectivity index (χ0v) is 20.7. The third-order valence-corrected chi connectivity index (χ3v) is 6.88. The smallest absolute Gasteiger partial charge is 1.00 e. The van der Waals surface area contributed by atoms with Gasteiger partial charge >= 0.3 is 181 Å². The van der Waals surface area contributed by atoms with Crippen LogP contribution in [0.4, 0.5) is 5.82 Å². The van der Waals surface area contributed by atoms with Crippen molar-refractivity contribution in [3.8, 4) is 5.69 Å². The van der Waals surface area contributed by atoms with Gasteiger partial charge in [-0.15, -0.1) is 0 Å². The Balaban J connectivity index is 0.00000240. The number of nitrogens with zero attached hydrogens (tertiary/aromatic N) is 3. The molecule has 3 heterocycles. The molecular formula is C24H31AuClN3. The van der Waals surface area contributed by atoms with Crippen molar-refractivity contribution in [3.63, 3.8) is 0 Å². The number of para-hydroxylation sites is 1.